The summed E-state index contributed by atoms with van der Waals surface area (Å²) in [6.45, 7) is 0. The minimum atomic E-state index is -4.88. The monoisotopic (exact) mass is 545 g/mol. The molecule has 2 amide bonds. The van der Waals surface area contributed by atoms with Crippen molar-refractivity contribution >= 4 is 29.1 Å². The van der Waals surface area contributed by atoms with Crippen LogP contribution in [0.1, 0.15) is 67.8 Å². The molecule has 0 unspecified atom stereocenters. The standard InChI is InChI=1S/C27H17ClF5N3O2/c28-21-2-1-17(29)10-19(21)24-23-20(26(38)36-24)7-14(13-3-12(4-13)11-34)8-22(23)35-25(37)15-5-16(27(31,32)33)9-18(30)6-15/h1-2,5-10,12-13,24H,3-4H2,(H,35,37)(H,36,38)/t12?,13?,24-/m1/s1. The lowest BCUT2D eigenvalue weighted by atomic mass is 9.71. The first kappa shape index (κ1) is 25.7. The molecule has 11 heteroatoms. The van der Waals surface area contributed by atoms with E-state index in [0.717, 1.165) is 12.1 Å². The molecule has 5 nitrogen and oxygen atoms in total. The van der Waals surface area contributed by atoms with E-state index in [1.54, 1.807) is 12.1 Å². The first-order valence-electron chi connectivity index (χ1n) is 11.5. The highest BCUT2D eigenvalue weighted by Gasteiger charge is 2.38. The number of nitriles is 1. The first-order chi connectivity index (χ1) is 17.9. The summed E-state index contributed by atoms with van der Waals surface area (Å²) in [6, 6.07) is 9.44. The second kappa shape index (κ2) is 9.40. The predicted molar refractivity (Wildman–Crippen MR) is 128 cm³/mol. The average molecular weight is 546 g/mol. The van der Waals surface area contributed by atoms with E-state index in [9.17, 15) is 31.5 Å². The fourth-order valence-corrected chi connectivity index (χ4v) is 5.06. The highest BCUT2D eigenvalue weighted by atomic mass is 35.5. The SMILES string of the molecule is N#CC1CC(c2cc(NC(=O)c3cc(F)cc(C(F)(F)F)c3)c3c(c2)C(=O)N[C@@H]3c2cc(F)ccc2Cl)C1. The van der Waals surface area contributed by atoms with Crippen LogP contribution in [-0.4, -0.2) is 11.8 Å². The molecular formula is C27H17ClF5N3O2. The van der Waals surface area contributed by atoms with Gasteiger partial charge in [0.25, 0.3) is 11.8 Å². The van der Waals surface area contributed by atoms with Crippen LogP contribution in [0.15, 0.2) is 48.5 Å². The molecule has 1 saturated carbocycles. The third kappa shape index (κ3) is 4.70. The quantitative estimate of drug-likeness (QED) is 0.356. The lowest BCUT2D eigenvalue weighted by Crippen LogP contribution is -2.22. The Labute approximate surface area is 218 Å². The Balaban J connectivity index is 1.60. The Morgan fingerprint density at radius 1 is 1.05 bits per heavy atom. The summed E-state index contributed by atoms with van der Waals surface area (Å²) in [7, 11) is 0. The first-order valence-corrected chi connectivity index (χ1v) is 11.8. The zero-order valence-corrected chi connectivity index (χ0v) is 20.1. The highest BCUT2D eigenvalue weighted by Crippen LogP contribution is 2.46. The Morgan fingerprint density at radius 3 is 2.47 bits per heavy atom. The highest BCUT2D eigenvalue weighted by molar-refractivity contribution is 6.31. The van der Waals surface area contributed by atoms with Gasteiger partial charge in [-0.1, -0.05) is 11.6 Å². The maximum Gasteiger partial charge on any atom is 0.416 e. The molecule has 194 valence electrons. The van der Waals surface area contributed by atoms with Crippen LogP contribution in [0.25, 0.3) is 0 Å². The molecule has 3 aromatic rings. The second-order valence-corrected chi connectivity index (χ2v) is 9.68. The van der Waals surface area contributed by atoms with Gasteiger partial charge in [-0.2, -0.15) is 18.4 Å². The molecule has 2 aliphatic rings. The van der Waals surface area contributed by atoms with Gasteiger partial charge in [-0.25, -0.2) is 8.78 Å². The molecule has 1 atom stereocenters. The number of carbonyl (C=O) groups is 2. The molecule has 1 heterocycles. The third-order valence-electron chi connectivity index (χ3n) is 6.81. The molecule has 1 aliphatic heterocycles. The molecule has 1 fully saturated rings. The van der Waals surface area contributed by atoms with Crippen molar-refractivity contribution < 1.29 is 31.5 Å². The number of amides is 2. The van der Waals surface area contributed by atoms with Crippen molar-refractivity contribution in [2.75, 3.05) is 5.32 Å². The number of fused-ring (bicyclic) bond motifs is 1. The van der Waals surface area contributed by atoms with E-state index < -0.39 is 46.8 Å². The summed E-state index contributed by atoms with van der Waals surface area (Å²) < 4.78 is 67.7. The topological polar surface area (TPSA) is 82.0 Å². The number of hydrogen-bond acceptors (Lipinski definition) is 3. The van der Waals surface area contributed by atoms with Crippen molar-refractivity contribution in [3.05, 3.63) is 98.6 Å². The van der Waals surface area contributed by atoms with Crippen LogP contribution < -0.4 is 10.6 Å². The van der Waals surface area contributed by atoms with E-state index in [1.165, 1.54) is 6.07 Å². The zero-order valence-electron chi connectivity index (χ0n) is 19.3. The molecule has 38 heavy (non-hydrogen) atoms. The number of nitrogens with one attached hydrogen (secondary N) is 2. The van der Waals surface area contributed by atoms with Gasteiger partial charge in [-0.3, -0.25) is 9.59 Å². The van der Waals surface area contributed by atoms with Gasteiger partial charge in [0, 0.05) is 38.9 Å². The van der Waals surface area contributed by atoms with Gasteiger partial charge >= 0.3 is 6.18 Å². The van der Waals surface area contributed by atoms with Crippen LogP contribution in [0.5, 0.6) is 0 Å². The maximum atomic E-state index is 14.1. The summed E-state index contributed by atoms with van der Waals surface area (Å²) in [6.07, 6.45) is -3.82. The minimum absolute atomic E-state index is 0.0735. The minimum Gasteiger partial charge on any atom is -0.341 e. The van der Waals surface area contributed by atoms with Crippen molar-refractivity contribution in [1.82, 2.24) is 5.32 Å². The molecule has 0 aromatic heterocycles. The predicted octanol–water partition coefficient (Wildman–Crippen LogP) is 6.74. The number of nitrogens with zero attached hydrogens (tertiary/aromatic N) is 1. The van der Waals surface area contributed by atoms with E-state index in [2.05, 4.69) is 16.7 Å². The molecule has 0 bridgehead atoms. The number of rotatable bonds is 4. The Kier molecular flexibility index (Phi) is 6.35. The van der Waals surface area contributed by atoms with E-state index in [1.807, 2.05) is 0 Å². The van der Waals surface area contributed by atoms with E-state index >= 15 is 0 Å². The number of carbonyl (C=O) groups excluding carboxylic acids is 2. The van der Waals surface area contributed by atoms with Gasteiger partial charge < -0.3 is 10.6 Å². The van der Waals surface area contributed by atoms with Crippen molar-refractivity contribution in [2.45, 2.75) is 31.0 Å². The number of alkyl halides is 3. The molecule has 1 aliphatic carbocycles. The van der Waals surface area contributed by atoms with Crippen LogP contribution in [0.4, 0.5) is 27.6 Å². The Hall–Kier alpha value is -3.97. The third-order valence-corrected chi connectivity index (χ3v) is 7.15. The van der Waals surface area contributed by atoms with Crippen LogP contribution in [0.3, 0.4) is 0 Å². The number of hydrogen-bond donors (Lipinski definition) is 2. The van der Waals surface area contributed by atoms with Crippen molar-refractivity contribution in [2.24, 2.45) is 5.92 Å². The summed E-state index contributed by atoms with van der Waals surface area (Å²) >= 11 is 6.28. The Morgan fingerprint density at radius 2 is 1.79 bits per heavy atom. The lowest BCUT2D eigenvalue weighted by molar-refractivity contribution is -0.137. The average Bonchev–Trinajstić information content (AvgIpc) is 3.15. The van der Waals surface area contributed by atoms with E-state index in [-0.39, 0.29) is 45.3 Å². The van der Waals surface area contributed by atoms with Crippen LogP contribution in [0.2, 0.25) is 5.02 Å². The fraction of sp³-hybridized carbons (Fsp3) is 0.222. The summed E-state index contributed by atoms with van der Waals surface area (Å²) in [4.78, 5) is 26.0. The van der Waals surface area contributed by atoms with Crippen LogP contribution in [0, 0.1) is 28.9 Å². The van der Waals surface area contributed by atoms with Gasteiger partial charge in [0.1, 0.15) is 11.6 Å². The smallest absolute Gasteiger partial charge is 0.341 e. The molecule has 0 spiro atoms. The molecule has 2 N–H and O–H groups in total. The number of anilines is 1. The normalized spacial score (nSPS) is 20.2. The molecule has 3 aromatic carbocycles. The van der Waals surface area contributed by atoms with Crippen LogP contribution >= 0.6 is 11.6 Å². The van der Waals surface area contributed by atoms with Gasteiger partial charge in [0.2, 0.25) is 0 Å². The summed E-state index contributed by atoms with van der Waals surface area (Å²) in [5.41, 5.74) is -0.587. The van der Waals surface area contributed by atoms with Crippen LogP contribution in [-0.2, 0) is 6.18 Å². The molecule has 0 radical (unpaired) electrons. The summed E-state index contributed by atoms with van der Waals surface area (Å²) in [5, 5.41) is 14.5. The molecule has 5 rings (SSSR count). The van der Waals surface area contributed by atoms with Gasteiger partial charge in [-0.15, -0.1) is 0 Å². The fourth-order valence-electron chi connectivity index (χ4n) is 4.84. The van der Waals surface area contributed by atoms with Crippen molar-refractivity contribution in [3.8, 4) is 6.07 Å². The Bertz CT molecular complexity index is 1530. The molecule has 0 saturated heterocycles. The van der Waals surface area contributed by atoms with Gasteiger partial charge in [0.15, 0.2) is 0 Å². The van der Waals surface area contributed by atoms with E-state index in [4.69, 9.17) is 16.9 Å². The van der Waals surface area contributed by atoms with Gasteiger partial charge in [-0.05, 0) is 72.9 Å². The van der Waals surface area contributed by atoms with E-state index in [0.29, 0.717) is 30.5 Å². The van der Waals surface area contributed by atoms with Crippen molar-refractivity contribution in [3.63, 3.8) is 0 Å². The number of benzene rings is 3. The molecular weight excluding hydrogens is 529 g/mol. The number of halogens is 6. The van der Waals surface area contributed by atoms with Crippen molar-refractivity contribution in [1.29, 1.82) is 5.26 Å². The largest absolute Gasteiger partial charge is 0.416 e. The maximum absolute atomic E-state index is 14.1. The van der Waals surface area contributed by atoms with Gasteiger partial charge in [0.05, 0.1) is 17.7 Å². The zero-order chi connectivity index (χ0) is 27.4. The second-order valence-electron chi connectivity index (χ2n) is 9.28. The lowest BCUT2D eigenvalue weighted by Gasteiger charge is -2.31. The summed E-state index contributed by atoms with van der Waals surface area (Å²) in [5.74, 6) is -3.68.